The van der Waals surface area contributed by atoms with Gasteiger partial charge in [0.15, 0.2) is 0 Å². The van der Waals surface area contributed by atoms with Gasteiger partial charge >= 0.3 is 11.9 Å². The molecule has 0 saturated carbocycles. The maximum absolute atomic E-state index is 12.6. The van der Waals surface area contributed by atoms with E-state index >= 15 is 0 Å². The van der Waals surface area contributed by atoms with Gasteiger partial charge in [-0.3, -0.25) is 29.1 Å². The Kier molecular flexibility index (Phi) is 16.2. The lowest BCUT2D eigenvalue weighted by Crippen LogP contribution is -2.45. The number of hydrogen-bond acceptors (Lipinski definition) is 9. The average Bonchev–Trinajstić information content (AvgIpc) is 2.96. The zero-order valence-electron chi connectivity index (χ0n) is 24.2. The van der Waals surface area contributed by atoms with E-state index in [9.17, 15) is 24.3 Å². The van der Waals surface area contributed by atoms with E-state index in [4.69, 9.17) is 18.8 Å². The van der Waals surface area contributed by atoms with E-state index in [-0.39, 0.29) is 18.2 Å². The highest BCUT2D eigenvalue weighted by molar-refractivity contribution is 5.96. The number of carbonyl (C=O) groups excluding carboxylic acids is 3. The Morgan fingerprint density at radius 2 is 1.44 bits per heavy atom. The standard InChI is InChI=1S/C30H45N5O6/c1-32-16-17-33(2)19-21-35(24-28(37)38)23-22-34(20-18-32)15-14-26(36)12-8-5-9-13-27(30(40)41-3)31-29(39)25-10-6-4-7-11-25/h1-2,4,6-7,10-11,27H,5,8-9,12-24H2,3H3,(H,31,39)(H,37,38). The molecule has 11 nitrogen and oxygen atoms in total. The molecule has 4 radical (unpaired) electrons. The molecule has 0 spiro atoms. The summed E-state index contributed by atoms with van der Waals surface area (Å²) in [6.07, 6.45) is 3.37. The number of carboxylic acid groups (broad SMARTS) is 1. The lowest BCUT2D eigenvalue weighted by molar-refractivity contribution is -0.143. The van der Waals surface area contributed by atoms with E-state index in [1.165, 1.54) is 7.11 Å². The van der Waals surface area contributed by atoms with Gasteiger partial charge in [0.1, 0.15) is 11.8 Å². The molecule has 1 atom stereocenters. The first-order valence-electron chi connectivity index (χ1n) is 14.3. The average molecular weight is 572 g/mol. The number of nitrogens with one attached hydrogen (secondary N) is 1. The molecule has 226 valence electrons. The number of rotatable bonds is 14. The first-order chi connectivity index (χ1) is 19.7. The summed E-state index contributed by atoms with van der Waals surface area (Å²) >= 11 is 0. The first-order valence-corrected chi connectivity index (χ1v) is 14.3. The number of Topliss-reactive ketones (excluding diaryl/α,β-unsaturated/α-hetero) is 1. The second kappa shape index (κ2) is 19.3. The van der Waals surface area contributed by atoms with Gasteiger partial charge in [-0.1, -0.05) is 31.0 Å². The number of benzene rings is 1. The fourth-order valence-corrected chi connectivity index (χ4v) is 4.58. The van der Waals surface area contributed by atoms with E-state index in [0.29, 0.717) is 96.6 Å². The second-order valence-electron chi connectivity index (χ2n) is 10.4. The molecular formula is C30H45N5O6. The Labute approximate surface area is 244 Å². The third-order valence-electron chi connectivity index (χ3n) is 7.15. The number of methoxy groups -OCH3 is 1. The molecule has 1 unspecified atom stereocenters. The highest BCUT2D eigenvalue weighted by Crippen LogP contribution is 2.10. The van der Waals surface area contributed by atoms with Crippen LogP contribution in [-0.2, 0) is 19.1 Å². The molecule has 11 heteroatoms. The number of aliphatic carboxylic acids is 1. The normalized spacial score (nSPS) is 17.6. The number of amides is 1. The minimum absolute atomic E-state index is 0.0591. The van der Waals surface area contributed by atoms with Crippen molar-refractivity contribution in [3.05, 3.63) is 50.0 Å². The Hall–Kier alpha value is -2.86. The minimum Gasteiger partial charge on any atom is -0.480 e. The van der Waals surface area contributed by atoms with E-state index in [0.717, 1.165) is 6.42 Å². The Bertz CT molecular complexity index is 947. The summed E-state index contributed by atoms with van der Waals surface area (Å²) in [6, 6.07) is 7.95. The van der Waals surface area contributed by atoms with Crippen molar-refractivity contribution in [2.24, 2.45) is 0 Å². The van der Waals surface area contributed by atoms with E-state index in [1.807, 2.05) is 11.0 Å². The predicted molar refractivity (Wildman–Crippen MR) is 155 cm³/mol. The van der Waals surface area contributed by atoms with Crippen molar-refractivity contribution >= 4 is 23.6 Å². The molecule has 0 aliphatic carbocycles. The van der Waals surface area contributed by atoms with Gasteiger partial charge < -0.3 is 20.1 Å². The van der Waals surface area contributed by atoms with Crippen LogP contribution in [0, 0.1) is 14.1 Å². The lowest BCUT2D eigenvalue weighted by atomic mass is 10.0. The summed E-state index contributed by atoms with van der Waals surface area (Å²) in [6.45, 7) is 5.23. The van der Waals surface area contributed by atoms with Gasteiger partial charge in [-0.15, -0.1) is 0 Å². The van der Waals surface area contributed by atoms with Crippen molar-refractivity contribution in [2.45, 2.75) is 44.6 Å². The number of esters is 1. The van der Waals surface area contributed by atoms with Gasteiger partial charge in [0.2, 0.25) is 0 Å². The summed E-state index contributed by atoms with van der Waals surface area (Å²) in [7, 11) is 13.4. The van der Waals surface area contributed by atoms with Crippen LogP contribution in [0.5, 0.6) is 0 Å². The lowest BCUT2D eigenvalue weighted by Gasteiger charge is -2.31. The zero-order valence-corrected chi connectivity index (χ0v) is 24.2. The van der Waals surface area contributed by atoms with Gasteiger partial charge in [0.25, 0.3) is 5.91 Å². The number of nitrogens with zero attached hydrogens (tertiary/aromatic N) is 4. The fourth-order valence-electron chi connectivity index (χ4n) is 4.58. The van der Waals surface area contributed by atoms with Crippen LogP contribution in [0.15, 0.2) is 30.3 Å². The van der Waals surface area contributed by atoms with Crippen LogP contribution in [0.3, 0.4) is 0 Å². The van der Waals surface area contributed by atoms with Gasteiger partial charge in [0, 0.05) is 91.4 Å². The summed E-state index contributed by atoms with van der Waals surface area (Å²) in [5, 5.41) is 12.0. The van der Waals surface area contributed by atoms with Crippen molar-refractivity contribution in [3.8, 4) is 0 Å². The number of unbranched alkanes of at least 4 members (excludes halogenated alkanes) is 2. The van der Waals surface area contributed by atoms with Crippen molar-refractivity contribution in [1.82, 2.24) is 24.9 Å². The van der Waals surface area contributed by atoms with Gasteiger partial charge in [-0.05, 0) is 25.0 Å². The molecule has 0 bridgehead atoms. The number of hydrogen-bond donors (Lipinski definition) is 2. The fraction of sp³-hybridized carbons (Fsp3) is 0.600. The summed E-state index contributed by atoms with van der Waals surface area (Å²) < 4.78 is 4.85. The molecule has 1 aromatic carbocycles. The molecule has 1 aliphatic heterocycles. The topological polar surface area (TPSA) is 123 Å². The van der Waals surface area contributed by atoms with Crippen molar-refractivity contribution in [1.29, 1.82) is 0 Å². The molecule has 2 rings (SSSR count). The number of carboxylic acids is 1. The van der Waals surface area contributed by atoms with Crippen LogP contribution < -0.4 is 5.32 Å². The van der Waals surface area contributed by atoms with Crippen LogP contribution in [0.25, 0.3) is 0 Å². The van der Waals surface area contributed by atoms with Crippen molar-refractivity contribution < 1.29 is 29.0 Å². The monoisotopic (exact) mass is 571 g/mol. The molecule has 1 aromatic rings. The molecule has 1 amide bonds. The number of ketones is 1. The van der Waals surface area contributed by atoms with Crippen molar-refractivity contribution in [2.75, 3.05) is 72.6 Å². The number of carbonyl (C=O) groups is 4. The molecule has 1 heterocycles. The quantitative estimate of drug-likeness (QED) is 0.251. The highest BCUT2D eigenvalue weighted by atomic mass is 16.5. The maximum Gasteiger partial charge on any atom is 0.328 e. The Morgan fingerprint density at radius 1 is 0.854 bits per heavy atom. The van der Waals surface area contributed by atoms with E-state index in [1.54, 1.807) is 34.1 Å². The minimum atomic E-state index is -0.882. The van der Waals surface area contributed by atoms with Crippen LogP contribution in [0.4, 0.5) is 0 Å². The summed E-state index contributed by atoms with van der Waals surface area (Å²) in [5.41, 5.74) is 0.472. The third kappa shape index (κ3) is 14.6. The predicted octanol–water partition coefficient (Wildman–Crippen LogP) is 1.51. The Balaban J connectivity index is 1.75. The first kappa shape index (κ1) is 34.3. The smallest absolute Gasteiger partial charge is 0.328 e. The molecule has 1 aliphatic rings. The maximum atomic E-state index is 12.6. The molecular weight excluding hydrogens is 526 g/mol. The highest BCUT2D eigenvalue weighted by Gasteiger charge is 2.22. The van der Waals surface area contributed by atoms with Crippen molar-refractivity contribution in [3.63, 3.8) is 0 Å². The molecule has 2 N–H and O–H groups in total. The Morgan fingerprint density at radius 3 is 2.07 bits per heavy atom. The van der Waals surface area contributed by atoms with E-state index < -0.39 is 18.0 Å². The van der Waals surface area contributed by atoms with Crippen LogP contribution in [0.2, 0.25) is 0 Å². The molecule has 41 heavy (non-hydrogen) atoms. The summed E-state index contributed by atoms with van der Waals surface area (Å²) in [4.78, 5) is 55.9. The molecule has 0 aromatic heterocycles. The van der Waals surface area contributed by atoms with Crippen LogP contribution >= 0.6 is 0 Å². The van der Waals surface area contributed by atoms with Gasteiger partial charge in [0.05, 0.1) is 13.7 Å². The third-order valence-corrected chi connectivity index (χ3v) is 7.15. The van der Waals surface area contributed by atoms with Crippen LogP contribution in [0.1, 0.15) is 48.9 Å². The molecule has 1 saturated heterocycles. The number of ether oxygens (including phenoxy) is 1. The SMILES string of the molecule is [CH]N1CCN([CH])CCN(CC(=O)O)CCN(CCC(=O)CCCCCC(NC(=O)c2ccccc2)C(=O)OC)CC1. The van der Waals surface area contributed by atoms with Crippen LogP contribution in [-0.4, -0.2) is 127 Å². The van der Waals surface area contributed by atoms with E-state index in [2.05, 4.69) is 10.2 Å². The van der Waals surface area contributed by atoms with Gasteiger partial charge in [-0.2, -0.15) is 0 Å². The summed E-state index contributed by atoms with van der Waals surface area (Å²) in [5.74, 6) is -1.55. The largest absolute Gasteiger partial charge is 0.480 e. The molecule has 1 fully saturated rings. The van der Waals surface area contributed by atoms with Gasteiger partial charge in [-0.25, -0.2) is 4.79 Å². The zero-order chi connectivity index (χ0) is 30.0. The second-order valence-corrected chi connectivity index (χ2v) is 10.4.